The molecular weight excluding hydrogens is 405 g/mol. The van der Waals surface area contributed by atoms with E-state index in [1.54, 1.807) is 87.0 Å². The van der Waals surface area contributed by atoms with E-state index in [1.807, 2.05) is 0 Å². The second kappa shape index (κ2) is 9.56. The zero-order valence-electron chi connectivity index (χ0n) is 17.6. The van der Waals surface area contributed by atoms with Crippen molar-refractivity contribution in [2.75, 3.05) is 19.1 Å². The van der Waals surface area contributed by atoms with Gasteiger partial charge in [0, 0.05) is 17.2 Å². The van der Waals surface area contributed by atoms with Gasteiger partial charge in [-0.2, -0.15) is 0 Å². The van der Waals surface area contributed by atoms with Crippen molar-refractivity contribution in [3.63, 3.8) is 0 Å². The smallest absolute Gasteiger partial charge is 0.549 e. The Bertz CT molecular complexity index is 1080. The Balaban J connectivity index is 0.00000272. The maximum Gasteiger partial charge on any atom is 1.00 e. The first-order chi connectivity index (χ1) is 14.5. The first-order valence-electron chi connectivity index (χ1n) is 9.46. The van der Waals surface area contributed by atoms with Gasteiger partial charge >= 0.3 is 29.6 Å². The summed E-state index contributed by atoms with van der Waals surface area (Å²) in [7, 11) is 3.12. The van der Waals surface area contributed by atoms with Crippen LogP contribution in [0.2, 0.25) is 0 Å². The summed E-state index contributed by atoms with van der Waals surface area (Å²) in [6.07, 6.45) is 0. The first-order valence-corrected chi connectivity index (χ1v) is 9.46. The molecule has 7 heteroatoms. The Labute approximate surface area is 202 Å². The van der Waals surface area contributed by atoms with Gasteiger partial charge in [-0.15, -0.1) is 0 Å². The van der Waals surface area contributed by atoms with Gasteiger partial charge in [0.05, 0.1) is 26.2 Å². The van der Waals surface area contributed by atoms with Crippen LogP contribution in [0.4, 0.5) is 5.69 Å². The van der Waals surface area contributed by atoms with Crippen LogP contribution in [0.1, 0.15) is 33.4 Å². The van der Waals surface area contributed by atoms with E-state index in [-0.39, 0.29) is 35.5 Å². The van der Waals surface area contributed by atoms with Gasteiger partial charge in [0.2, 0.25) is 0 Å². The molecule has 0 N–H and O–H groups in total. The van der Waals surface area contributed by atoms with Gasteiger partial charge in [-0.25, -0.2) is 0 Å². The van der Waals surface area contributed by atoms with Crippen LogP contribution < -0.4 is 49.0 Å². The minimum Gasteiger partial charge on any atom is -0.549 e. The molecule has 0 radical (unpaired) electrons. The first kappa shape index (κ1) is 22.9. The molecule has 0 saturated carbocycles. The number of amides is 1. The van der Waals surface area contributed by atoms with Crippen molar-refractivity contribution >= 4 is 17.6 Å². The van der Waals surface area contributed by atoms with Gasteiger partial charge in [0.15, 0.2) is 0 Å². The zero-order chi connectivity index (χ0) is 21.3. The van der Waals surface area contributed by atoms with Crippen LogP contribution in [-0.2, 0) is 4.79 Å². The molecule has 0 bridgehead atoms. The molecule has 0 aromatic heterocycles. The van der Waals surface area contributed by atoms with Crippen LogP contribution in [0.5, 0.6) is 11.5 Å². The van der Waals surface area contributed by atoms with Crippen molar-refractivity contribution in [1.29, 1.82) is 0 Å². The average Bonchev–Trinajstić information content (AvgIpc) is 2.79. The maximum atomic E-state index is 13.5. The third kappa shape index (κ3) is 4.19. The van der Waals surface area contributed by atoms with E-state index in [2.05, 4.69) is 0 Å². The van der Waals surface area contributed by atoms with E-state index in [0.717, 1.165) is 0 Å². The molecule has 0 fully saturated rings. The van der Waals surface area contributed by atoms with Crippen LogP contribution in [0, 0.1) is 0 Å². The molecule has 1 aliphatic rings. The summed E-state index contributed by atoms with van der Waals surface area (Å²) >= 11 is 0. The summed E-state index contributed by atoms with van der Waals surface area (Å²) < 4.78 is 10.4. The number of carboxylic acids is 1. The Hall–Kier alpha value is -2.80. The number of carbonyl (C=O) groups is 2. The molecule has 1 amide bonds. The normalized spacial score (nSPS) is 17.4. The van der Waals surface area contributed by atoms with Crippen molar-refractivity contribution in [3.05, 3.63) is 89.5 Å². The minimum atomic E-state index is -1.24. The molecule has 0 spiro atoms. The van der Waals surface area contributed by atoms with E-state index in [9.17, 15) is 14.7 Å². The van der Waals surface area contributed by atoms with Crippen LogP contribution in [-0.4, -0.2) is 26.1 Å². The Morgan fingerprint density at radius 3 is 1.97 bits per heavy atom. The summed E-state index contributed by atoms with van der Waals surface area (Å²) in [6.45, 7) is 0. The predicted octanol–water partition coefficient (Wildman–Crippen LogP) is -0.0570. The molecule has 0 unspecified atom stereocenters. The molecule has 4 rings (SSSR count). The number of nitrogens with zero attached hydrogens (tertiary/aromatic N) is 1. The van der Waals surface area contributed by atoms with Gasteiger partial charge in [-0.3, -0.25) is 9.69 Å². The van der Waals surface area contributed by atoms with E-state index >= 15 is 0 Å². The molecule has 31 heavy (non-hydrogen) atoms. The van der Waals surface area contributed by atoms with E-state index in [4.69, 9.17) is 9.47 Å². The molecule has 0 saturated heterocycles. The van der Waals surface area contributed by atoms with E-state index in [0.29, 0.717) is 33.9 Å². The van der Waals surface area contributed by atoms with Crippen LogP contribution in [0.25, 0.3) is 0 Å². The molecule has 152 valence electrons. The molecule has 1 heterocycles. The van der Waals surface area contributed by atoms with E-state index < -0.39 is 17.9 Å². The van der Waals surface area contributed by atoms with Gasteiger partial charge in [-0.1, -0.05) is 30.3 Å². The van der Waals surface area contributed by atoms with Crippen LogP contribution in [0.15, 0.2) is 72.8 Å². The molecular formula is C24H20NNaO5. The SMILES string of the molecule is COc1ccc([C@H]2[C@H](C(=O)[O-])c3ccccc3C(=O)N2c2ccc(OC)cc2)cc1.[Na+]. The van der Waals surface area contributed by atoms with Crippen LogP contribution >= 0.6 is 0 Å². The number of methoxy groups -OCH3 is 2. The van der Waals surface area contributed by atoms with Crippen molar-refractivity contribution in [1.82, 2.24) is 0 Å². The Kier molecular flexibility index (Phi) is 7.05. The quantitative estimate of drug-likeness (QED) is 0.536. The summed E-state index contributed by atoms with van der Waals surface area (Å²) in [6, 6.07) is 20.0. The van der Waals surface area contributed by atoms with Gasteiger partial charge in [0.1, 0.15) is 11.5 Å². The van der Waals surface area contributed by atoms with Crippen molar-refractivity contribution < 1.29 is 53.7 Å². The fourth-order valence-electron chi connectivity index (χ4n) is 3.96. The van der Waals surface area contributed by atoms with Gasteiger partial charge in [-0.05, 0) is 53.6 Å². The molecule has 3 aromatic rings. The zero-order valence-corrected chi connectivity index (χ0v) is 19.6. The van der Waals surface area contributed by atoms with Crippen molar-refractivity contribution in [2.45, 2.75) is 12.0 Å². The summed E-state index contributed by atoms with van der Waals surface area (Å²) in [4.78, 5) is 27.3. The number of hydrogen-bond donors (Lipinski definition) is 0. The number of hydrogen-bond acceptors (Lipinski definition) is 5. The van der Waals surface area contributed by atoms with Crippen molar-refractivity contribution in [3.8, 4) is 11.5 Å². The summed E-state index contributed by atoms with van der Waals surface area (Å²) in [5.41, 5.74) is 2.05. The second-order valence-electron chi connectivity index (χ2n) is 6.98. The third-order valence-electron chi connectivity index (χ3n) is 5.40. The van der Waals surface area contributed by atoms with Gasteiger partial charge < -0.3 is 19.4 Å². The number of aliphatic carboxylic acids is 1. The summed E-state index contributed by atoms with van der Waals surface area (Å²) in [5, 5.41) is 12.3. The maximum absolute atomic E-state index is 13.5. The average molecular weight is 425 g/mol. The largest absolute Gasteiger partial charge is 1.00 e. The summed E-state index contributed by atoms with van der Waals surface area (Å²) in [5.74, 6) is -1.26. The molecule has 2 atom stereocenters. The minimum absolute atomic E-state index is 0. The third-order valence-corrected chi connectivity index (χ3v) is 5.40. The predicted molar refractivity (Wildman–Crippen MR) is 110 cm³/mol. The number of ether oxygens (including phenoxy) is 2. The number of rotatable bonds is 5. The number of benzene rings is 3. The number of fused-ring (bicyclic) bond motifs is 1. The fraction of sp³-hybridized carbons (Fsp3) is 0.167. The molecule has 1 aliphatic heterocycles. The Morgan fingerprint density at radius 1 is 0.871 bits per heavy atom. The second-order valence-corrected chi connectivity index (χ2v) is 6.98. The number of carbonyl (C=O) groups excluding carboxylic acids is 2. The molecule has 3 aromatic carbocycles. The number of anilines is 1. The van der Waals surface area contributed by atoms with Crippen molar-refractivity contribution in [2.24, 2.45) is 0 Å². The van der Waals surface area contributed by atoms with Gasteiger partial charge in [0.25, 0.3) is 5.91 Å². The standard InChI is InChI=1S/C24H21NO5.Na/c1-29-17-11-7-15(8-12-17)22-21(24(27)28)19-5-3-4-6-20(19)23(26)25(22)16-9-13-18(30-2)14-10-16;/h3-14,21-22H,1-2H3,(H,27,28);/q;+1/p-1/t21-,22+;/m1./s1. The van der Waals surface area contributed by atoms with Crippen LogP contribution in [0.3, 0.4) is 0 Å². The van der Waals surface area contributed by atoms with E-state index in [1.165, 1.54) is 4.90 Å². The molecule has 6 nitrogen and oxygen atoms in total. The number of carboxylic acid groups (broad SMARTS) is 1. The molecule has 0 aliphatic carbocycles. The fourth-order valence-corrected chi connectivity index (χ4v) is 3.96. The monoisotopic (exact) mass is 425 g/mol. The topological polar surface area (TPSA) is 78.9 Å². The Morgan fingerprint density at radius 2 is 1.42 bits per heavy atom.